The van der Waals surface area contributed by atoms with Crippen molar-refractivity contribution in [2.24, 2.45) is 0 Å². The number of rotatable bonds is 5. The third kappa shape index (κ3) is 2.97. The Morgan fingerprint density at radius 1 is 1.03 bits per heavy atom. The summed E-state index contributed by atoms with van der Waals surface area (Å²) in [5.74, 6) is 0. The molecule has 0 aliphatic heterocycles. The highest BCUT2D eigenvalue weighted by Gasteiger charge is 2.25. The van der Waals surface area contributed by atoms with Gasteiger partial charge in [-0.05, 0) is 43.9 Å². The zero-order valence-corrected chi connectivity index (χ0v) is 17.0. The Balaban J connectivity index is 1.59. The molecule has 0 saturated heterocycles. The van der Waals surface area contributed by atoms with Gasteiger partial charge in [0.2, 0.25) is 6.41 Å². The molecule has 9 heteroatoms. The molecule has 1 aliphatic carbocycles. The van der Waals surface area contributed by atoms with Crippen LogP contribution in [0.25, 0.3) is 22.1 Å². The molecule has 1 fully saturated rings. The van der Waals surface area contributed by atoms with Gasteiger partial charge in [-0.25, -0.2) is 22.4 Å². The Hall–Kier alpha value is -3.20. The third-order valence-corrected chi connectivity index (χ3v) is 7.59. The van der Waals surface area contributed by atoms with Crippen LogP contribution in [0.1, 0.15) is 31.7 Å². The number of carbonyl (C=O) groups excluding carboxylic acids is 1. The van der Waals surface area contributed by atoms with E-state index in [2.05, 4.69) is 19.9 Å². The van der Waals surface area contributed by atoms with Crippen LogP contribution >= 0.6 is 0 Å². The van der Waals surface area contributed by atoms with Gasteiger partial charge in [-0.15, -0.1) is 0 Å². The van der Waals surface area contributed by atoms with Crippen LogP contribution in [0.2, 0.25) is 0 Å². The van der Waals surface area contributed by atoms with Crippen LogP contribution in [0.4, 0.5) is 0 Å². The van der Waals surface area contributed by atoms with Gasteiger partial charge >= 0.3 is 0 Å². The molecule has 1 amide bonds. The molecule has 5 rings (SSSR count). The van der Waals surface area contributed by atoms with Gasteiger partial charge in [-0.1, -0.05) is 18.2 Å². The minimum absolute atomic E-state index is 0.215. The third-order valence-electron chi connectivity index (χ3n) is 5.91. The zero-order valence-electron chi connectivity index (χ0n) is 16.2. The van der Waals surface area contributed by atoms with Crippen LogP contribution in [-0.2, 0) is 14.8 Å². The van der Waals surface area contributed by atoms with Gasteiger partial charge in [0.25, 0.3) is 10.0 Å². The normalized spacial score (nSPS) is 19.9. The first-order valence-electron chi connectivity index (χ1n) is 9.92. The van der Waals surface area contributed by atoms with Crippen molar-refractivity contribution in [1.29, 1.82) is 0 Å². The lowest BCUT2D eigenvalue weighted by molar-refractivity contribution is -0.110. The maximum atomic E-state index is 13.1. The molecule has 1 aromatic carbocycles. The first-order chi connectivity index (χ1) is 14.6. The first kappa shape index (κ1) is 18.8. The number of nitrogens with zero attached hydrogens (tertiary/aromatic N) is 4. The van der Waals surface area contributed by atoms with Crippen molar-refractivity contribution >= 4 is 38.5 Å². The molecule has 0 bridgehead atoms. The fourth-order valence-corrected chi connectivity index (χ4v) is 5.70. The van der Waals surface area contributed by atoms with E-state index in [1.54, 1.807) is 48.8 Å². The number of amides is 1. The molecule has 3 heterocycles. The van der Waals surface area contributed by atoms with Crippen LogP contribution in [0.15, 0.2) is 60.0 Å². The minimum Gasteiger partial charge on any atom is -0.356 e. The SMILES string of the molecule is O=CNC1CCC(n2cnc3cnc4c(ccn4S(=O)(=O)c4ccccc4)c32)CC1. The van der Waals surface area contributed by atoms with E-state index in [0.29, 0.717) is 5.65 Å². The number of fused-ring (bicyclic) bond motifs is 3. The summed E-state index contributed by atoms with van der Waals surface area (Å²) in [4.78, 5) is 19.8. The second kappa shape index (κ2) is 7.24. The Labute approximate surface area is 173 Å². The van der Waals surface area contributed by atoms with E-state index in [1.165, 1.54) is 3.97 Å². The van der Waals surface area contributed by atoms with E-state index < -0.39 is 10.0 Å². The second-order valence-corrected chi connectivity index (χ2v) is 9.42. The highest BCUT2D eigenvalue weighted by molar-refractivity contribution is 7.90. The Bertz CT molecular complexity index is 1320. The lowest BCUT2D eigenvalue weighted by Gasteiger charge is -2.29. The van der Waals surface area contributed by atoms with Crippen LogP contribution < -0.4 is 5.32 Å². The van der Waals surface area contributed by atoms with Gasteiger partial charge in [0, 0.05) is 23.7 Å². The molecule has 1 aliphatic rings. The average molecular weight is 423 g/mol. The van der Waals surface area contributed by atoms with Gasteiger partial charge in [-0.2, -0.15) is 0 Å². The second-order valence-electron chi connectivity index (χ2n) is 7.60. The summed E-state index contributed by atoms with van der Waals surface area (Å²) in [6, 6.07) is 10.6. The molecule has 1 saturated carbocycles. The quantitative estimate of drug-likeness (QED) is 0.498. The van der Waals surface area contributed by atoms with E-state index in [9.17, 15) is 13.2 Å². The van der Waals surface area contributed by atoms with Crippen LogP contribution in [0.5, 0.6) is 0 Å². The van der Waals surface area contributed by atoms with Gasteiger partial charge in [0.1, 0.15) is 5.52 Å². The first-order valence-corrected chi connectivity index (χ1v) is 11.4. The van der Waals surface area contributed by atoms with Gasteiger partial charge < -0.3 is 9.88 Å². The van der Waals surface area contributed by atoms with Crippen molar-refractivity contribution in [3.05, 3.63) is 55.1 Å². The molecule has 8 nitrogen and oxygen atoms in total. The lowest BCUT2D eigenvalue weighted by atomic mass is 9.91. The fourth-order valence-electron chi connectivity index (χ4n) is 4.38. The number of pyridine rings is 1. The molecular formula is C21H21N5O3S. The standard InChI is InChI=1S/C21H21N5O3S/c27-14-24-15-6-8-16(9-7-15)25-13-23-19-12-22-21-18(20(19)25)10-11-26(21)30(28,29)17-4-2-1-3-5-17/h1-5,10-16H,6-9H2,(H,24,27). The van der Waals surface area contributed by atoms with Crippen molar-refractivity contribution in [2.45, 2.75) is 42.7 Å². The topological polar surface area (TPSA) is 98.9 Å². The van der Waals surface area contributed by atoms with Gasteiger partial charge in [0.15, 0.2) is 5.65 Å². The molecule has 1 N–H and O–H groups in total. The van der Waals surface area contributed by atoms with Gasteiger partial charge in [0.05, 0.1) is 22.9 Å². The summed E-state index contributed by atoms with van der Waals surface area (Å²) in [6.07, 6.45) is 9.41. The smallest absolute Gasteiger partial charge is 0.269 e. The van der Waals surface area contributed by atoms with E-state index >= 15 is 0 Å². The molecule has 154 valence electrons. The Morgan fingerprint density at radius 2 is 1.80 bits per heavy atom. The van der Waals surface area contributed by atoms with E-state index in [0.717, 1.165) is 48.5 Å². The highest BCUT2D eigenvalue weighted by atomic mass is 32.2. The largest absolute Gasteiger partial charge is 0.356 e. The summed E-state index contributed by atoms with van der Waals surface area (Å²) in [5.41, 5.74) is 2.03. The number of hydrogen-bond donors (Lipinski definition) is 1. The predicted octanol–water partition coefficient (Wildman–Crippen LogP) is 2.85. The molecule has 3 aromatic heterocycles. The summed E-state index contributed by atoms with van der Waals surface area (Å²) < 4.78 is 29.6. The zero-order chi connectivity index (χ0) is 20.7. The number of imidazole rings is 1. The molecule has 0 atom stereocenters. The lowest BCUT2D eigenvalue weighted by Crippen LogP contribution is -2.32. The molecule has 30 heavy (non-hydrogen) atoms. The Morgan fingerprint density at radius 3 is 2.53 bits per heavy atom. The number of carbonyl (C=O) groups is 1. The van der Waals surface area contributed by atoms with Crippen LogP contribution in [0, 0.1) is 0 Å². The molecule has 0 radical (unpaired) electrons. The number of hydrogen-bond acceptors (Lipinski definition) is 5. The summed E-state index contributed by atoms with van der Waals surface area (Å²) in [5, 5.41) is 3.63. The predicted molar refractivity (Wildman–Crippen MR) is 113 cm³/mol. The highest BCUT2D eigenvalue weighted by Crippen LogP contribution is 2.34. The maximum absolute atomic E-state index is 13.1. The number of aromatic nitrogens is 4. The van der Waals surface area contributed by atoms with Crippen molar-refractivity contribution in [2.75, 3.05) is 0 Å². The summed E-state index contributed by atoms with van der Waals surface area (Å²) in [6.45, 7) is 0. The van der Waals surface area contributed by atoms with E-state index in [1.807, 2.05) is 6.33 Å². The molecule has 0 unspecified atom stereocenters. The summed E-state index contributed by atoms with van der Waals surface area (Å²) in [7, 11) is -3.74. The molecular weight excluding hydrogens is 402 g/mol. The molecule has 4 aromatic rings. The number of benzene rings is 1. The van der Waals surface area contributed by atoms with E-state index in [-0.39, 0.29) is 17.0 Å². The van der Waals surface area contributed by atoms with Crippen molar-refractivity contribution in [3.8, 4) is 0 Å². The monoisotopic (exact) mass is 423 g/mol. The molecule has 0 spiro atoms. The number of nitrogens with one attached hydrogen (secondary N) is 1. The van der Waals surface area contributed by atoms with E-state index in [4.69, 9.17) is 0 Å². The van der Waals surface area contributed by atoms with Crippen molar-refractivity contribution in [3.63, 3.8) is 0 Å². The fraction of sp³-hybridized carbons (Fsp3) is 0.286. The van der Waals surface area contributed by atoms with Gasteiger partial charge in [-0.3, -0.25) is 4.79 Å². The Kier molecular flexibility index (Phi) is 4.54. The maximum Gasteiger partial charge on any atom is 0.269 e. The van der Waals surface area contributed by atoms with Crippen LogP contribution in [0.3, 0.4) is 0 Å². The van der Waals surface area contributed by atoms with Crippen LogP contribution in [-0.4, -0.2) is 39.4 Å². The van der Waals surface area contributed by atoms with Crippen molar-refractivity contribution < 1.29 is 13.2 Å². The average Bonchev–Trinajstić information content (AvgIpc) is 3.39. The van der Waals surface area contributed by atoms with Crippen molar-refractivity contribution in [1.82, 2.24) is 23.8 Å². The summed E-state index contributed by atoms with van der Waals surface area (Å²) >= 11 is 0. The minimum atomic E-state index is -3.74.